The van der Waals surface area contributed by atoms with Gasteiger partial charge in [-0.1, -0.05) is 41.6 Å². The number of nitrogens with two attached hydrogens (primary N) is 1. The molecule has 0 aliphatic heterocycles. The van der Waals surface area contributed by atoms with Crippen LogP contribution in [0.25, 0.3) is 0 Å². The largest absolute Gasteiger partial charge is 0.409 e. The smallest absolute Gasteiger partial charge is 0.170 e. The second-order valence-electron chi connectivity index (χ2n) is 5.52. The van der Waals surface area contributed by atoms with E-state index in [1.165, 1.54) is 11.1 Å². The van der Waals surface area contributed by atoms with E-state index in [9.17, 15) is 0 Å². The Morgan fingerprint density at radius 1 is 1.29 bits per heavy atom. The second kappa shape index (κ2) is 5.48. The zero-order valence-corrected chi connectivity index (χ0v) is 12.0. The van der Waals surface area contributed by atoms with E-state index in [1.807, 2.05) is 24.3 Å². The van der Waals surface area contributed by atoms with E-state index in [2.05, 4.69) is 41.4 Å². The lowest BCUT2D eigenvalue weighted by Gasteiger charge is -2.34. The Bertz CT molecular complexity index is 681. The monoisotopic (exact) mass is 281 g/mol. The summed E-state index contributed by atoms with van der Waals surface area (Å²) < 4.78 is 0. The van der Waals surface area contributed by atoms with Crippen molar-refractivity contribution in [1.29, 1.82) is 0 Å². The summed E-state index contributed by atoms with van der Waals surface area (Å²) in [5.41, 5.74) is 10.4. The molecule has 4 heteroatoms. The van der Waals surface area contributed by atoms with Crippen molar-refractivity contribution in [2.45, 2.75) is 12.3 Å². The summed E-state index contributed by atoms with van der Waals surface area (Å²) in [5, 5.41) is 11.8. The van der Waals surface area contributed by atoms with Crippen LogP contribution in [0.5, 0.6) is 0 Å². The van der Waals surface area contributed by atoms with Crippen LogP contribution in [0.15, 0.2) is 53.7 Å². The van der Waals surface area contributed by atoms with Gasteiger partial charge in [-0.15, -0.1) is 0 Å². The first-order chi connectivity index (χ1) is 10.2. The van der Waals surface area contributed by atoms with Gasteiger partial charge >= 0.3 is 0 Å². The third-order valence-corrected chi connectivity index (χ3v) is 4.15. The molecule has 0 spiro atoms. The summed E-state index contributed by atoms with van der Waals surface area (Å²) in [5.74, 6) is 0.720. The first-order valence-electron chi connectivity index (χ1n) is 7.06. The van der Waals surface area contributed by atoms with Crippen LogP contribution in [0.4, 0.5) is 5.69 Å². The quantitative estimate of drug-likeness (QED) is 0.392. The molecule has 21 heavy (non-hydrogen) atoms. The van der Waals surface area contributed by atoms with E-state index in [4.69, 9.17) is 10.9 Å². The molecule has 0 fully saturated rings. The van der Waals surface area contributed by atoms with Gasteiger partial charge in [0.1, 0.15) is 0 Å². The van der Waals surface area contributed by atoms with Crippen molar-refractivity contribution in [3.05, 3.63) is 65.2 Å². The Hall–Kier alpha value is -2.49. The predicted octanol–water partition coefficient (Wildman–Crippen LogP) is 2.56. The molecule has 1 aliphatic carbocycles. The molecule has 0 aromatic heterocycles. The third kappa shape index (κ3) is 2.57. The minimum atomic E-state index is 0.138. The summed E-state index contributed by atoms with van der Waals surface area (Å²) in [6.45, 7) is 0.969. The summed E-state index contributed by atoms with van der Waals surface area (Å²) in [4.78, 5) is 2.22. The van der Waals surface area contributed by atoms with Gasteiger partial charge in [-0.05, 0) is 29.7 Å². The fourth-order valence-electron chi connectivity index (χ4n) is 2.92. The number of amidine groups is 1. The normalized spacial score (nSPS) is 17.0. The summed E-state index contributed by atoms with van der Waals surface area (Å²) in [7, 11) is 2.08. The van der Waals surface area contributed by atoms with Crippen molar-refractivity contribution >= 4 is 11.5 Å². The average molecular weight is 281 g/mol. The van der Waals surface area contributed by atoms with E-state index in [0.29, 0.717) is 5.92 Å². The number of hydrogen-bond acceptors (Lipinski definition) is 3. The maximum absolute atomic E-state index is 8.77. The Balaban J connectivity index is 1.74. The van der Waals surface area contributed by atoms with E-state index in [1.54, 1.807) is 0 Å². The van der Waals surface area contributed by atoms with Crippen molar-refractivity contribution in [3.8, 4) is 0 Å². The molecule has 2 aromatic carbocycles. The highest BCUT2D eigenvalue weighted by atomic mass is 16.4. The third-order valence-electron chi connectivity index (χ3n) is 4.15. The Kier molecular flexibility index (Phi) is 3.52. The highest BCUT2D eigenvalue weighted by molar-refractivity contribution is 5.97. The second-order valence-corrected chi connectivity index (χ2v) is 5.52. The number of likely N-dealkylation sites (N-methyl/N-ethyl adjacent to an activating group) is 1. The fourth-order valence-corrected chi connectivity index (χ4v) is 2.92. The molecule has 0 saturated heterocycles. The van der Waals surface area contributed by atoms with Crippen LogP contribution >= 0.6 is 0 Å². The van der Waals surface area contributed by atoms with Gasteiger partial charge in [-0.25, -0.2) is 0 Å². The van der Waals surface area contributed by atoms with Gasteiger partial charge in [0.2, 0.25) is 0 Å². The standard InChI is InChI=1S/C17H19N3O/c1-20(11-14-9-12-5-2-3-8-16(12)14)15-7-4-6-13(10-15)17(18)19-21/h2-8,10,14,21H,9,11H2,1H3,(H2,18,19). The van der Waals surface area contributed by atoms with Crippen LogP contribution < -0.4 is 10.6 Å². The van der Waals surface area contributed by atoms with Gasteiger partial charge in [0, 0.05) is 30.8 Å². The highest BCUT2D eigenvalue weighted by Gasteiger charge is 2.26. The lowest BCUT2D eigenvalue weighted by atomic mass is 9.77. The number of benzene rings is 2. The van der Waals surface area contributed by atoms with Crippen LogP contribution in [0.2, 0.25) is 0 Å². The van der Waals surface area contributed by atoms with Crippen LogP contribution in [0.3, 0.4) is 0 Å². The van der Waals surface area contributed by atoms with E-state index < -0.39 is 0 Å². The van der Waals surface area contributed by atoms with Crippen molar-refractivity contribution in [3.63, 3.8) is 0 Å². The fraction of sp³-hybridized carbons (Fsp3) is 0.235. The highest BCUT2D eigenvalue weighted by Crippen LogP contribution is 2.35. The van der Waals surface area contributed by atoms with Crippen molar-refractivity contribution in [1.82, 2.24) is 0 Å². The zero-order chi connectivity index (χ0) is 14.8. The average Bonchev–Trinajstić information content (AvgIpc) is 2.51. The van der Waals surface area contributed by atoms with E-state index in [-0.39, 0.29) is 5.84 Å². The molecule has 0 radical (unpaired) electrons. The first-order valence-corrected chi connectivity index (χ1v) is 7.06. The summed E-state index contributed by atoms with van der Waals surface area (Å²) in [6.07, 6.45) is 1.14. The van der Waals surface area contributed by atoms with E-state index >= 15 is 0 Å². The van der Waals surface area contributed by atoms with Crippen molar-refractivity contribution in [2.75, 3.05) is 18.5 Å². The van der Waals surface area contributed by atoms with Crippen molar-refractivity contribution < 1.29 is 5.21 Å². The lowest BCUT2D eigenvalue weighted by Crippen LogP contribution is -2.30. The molecular weight excluding hydrogens is 262 g/mol. The van der Waals surface area contributed by atoms with Gasteiger partial charge in [0.05, 0.1) is 0 Å². The molecule has 1 unspecified atom stereocenters. The maximum atomic E-state index is 8.77. The van der Waals surface area contributed by atoms with Gasteiger partial charge in [0.15, 0.2) is 5.84 Å². The van der Waals surface area contributed by atoms with Crippen LogP contribution in [-0.4, -0.2) is 24.6 Å². The molecule has 2 aromatic rings. The molecule has 3 rings (SSSR count). The molecule has 1 aliphatic rings. The molecule has 108 valence electrons. The SMILES string of the molecule is CN(CC1Cc2ccccc21)c1cccc(C(N)=NO)c1. The number of nitrogens with zero attached hydrogens (tertiary/aromatic N) is 2. The van der Waals surface area contributed by atoms with Gasteiger partial charge in [0.25, 0.3) is 0 Å². The number of rotatable bonds is 4. The minimum Gasteiger partial charge on any atom is -0.409 e. The predicted molar refractivity (Wildman–Crippen MR) is 85.1 cm³/mol. The number of oxime groups is 1. The molecule has 0 amide bonds. The molecular formula is C17H19N3O. The lowest BCUT2D eigenvalue weighted by molar-refractivity contribution is 0.318. The summed E-state index contributed by atoms with van der Waals surface area (Å²) >= 11 is 0. The van der Waals surface area contributed by atoms with Crippen LogP contribution in [0, 0.1) is 0 Å². The molecule has 0 saturated carbocycles. The van der Waals surface area contributed by atoms with Gasteiger partial charge in [-0.3, -0.25) is 0 Å². The van der Waals surface area contributed by atoms with E-state index in [0.717, 1.165) is 24.2 Å². The van der Waals surface area contributed by atoms with Crippen LogP contribution in [0.1, 0.15) is 22.6 Å². The molecule has 3 N–H and O–H groups in total. The topological polar surface area (TPSA) is 61.8 Å². The molecule has 0 heterocycles. The molecule has 1 atom stereocenters. The zero-order valence-electron chi connectivity index (χ0n) is 12.0. The van der Waals surface area contributed by atoms with Gasteiger partial charge in [-0.2, -0.15) is 0 Å². The Morgan fingerprint density at radius 3 is 2.86 bits per heavy atom. The van der Waals surface area contributed by atoms with Crippen molar-refractivity contribution in [2.24, 2.45) is 10.9 Å². The van der Waals surface area contributed by atoms with Crippen LogP contribution in [-0.2, 0) is 6.42 Å². The number of hydrogen-bond donors (Lipinski definition) is 2. The minimum absolute atomic E-state index is 0.138. The number of anilines is 1. The Morgan fingerprint density at radius 2 is 2.10 bits per heavy atom. The Labute approximate surface area is 124 Å². The number of fused-ring (bicyclic) bond motifs is 1. The summed E-state index contributed by atoms with van der Waals surface area (Å²) in [6, 6.07) is 16.4. The molecule has 4 nitrogen and oxygen atoms in total. The molecule has 0 bridgehead atoms. The van der Waals surface area contributed by atoms with Gasteiger partial charge < -0.3 is 15.8 Å². The maximum Gasteiger partial charge on any atom is 0.170 e. The first kappa shape index (κ1) is 13.5.